The summed E-state index contributed by atoms with van der Waals surface area (Å²) < 4.78 is 5.45. The number of carbonyl (C=O) groups is 1. The van der Waals surface area contributed by atoms with Crippen LogP contribution >= 0.6 is 0 Å². The molecule has 1 atom stereocenters. The average Bonchev–Trinajstić information content (AvgIpc) is 2.67. The number of ether oxygens (including phenoxy) is 1. The Morgan fingerprint density at radius 1 is 1.31 bits per heavy atom. The fraction of sp³-hybridized carbons (Fsp3) is 0.737. The lowest BCUT2D eigenvalue weighted by Gasteiger charge is -2.33. The number of nitrogens with one attached hydrogen (secondary N) is 1. The Balaban J connectivity index is 1.64. The van der Waals surface area contributed by atoms with Crippen LogP contribution < -0.4 is 10.2 Å². The van der Waals surface area contributed by atoms with E-state index in [0.717, 1.165) is 76.1 Å². The Hall–Kier alpha value is -1.73. The second-order valence-electron chi connectivity index (χ2n) is 7.14. The van der Waals surface area contributed by atoms with Crippen molar-refractivity contribution in [2.75, 3.05) is 57.4 Å². The number of aryl methyl sites for hydroxylation is 1. The number of hydrogen-bond donors (Lipinski definition) is 1. The predicted octanol–water partition coefficient (Wildman–Crippen LogP) is 1.33. The van der Waals surface area contributed by atoms with Crippen LogP contribution in [0.25, 0.3) is 0 Å². The van der Waals surface area contributed by atoms with Gasteiger partial charge >= 0.3 is 0 Å². The van der Waals surface area contributed by atoms with Crippen molar-refractivity contribution in [1.82, 2.24) is 20.2 Å². The predicted molar refractivity (Wildman–Crippen MR) is 102 cm³/mol. The Kier molecular flexibility index (Phi) is 6.80. The molecule has 2 saturated heterocycles. The van der Waals surface area contributed by atoms with Crippen molar-refractivity contribution in [3.8, 4) is 0 Å². The minimum absolute atomic E-state index is 0.141. The number of carbonyl (C=O) groups excluding carboxylic acids is 1. The first kappa shape index (κ1) is 19.0. The molecule has 1 amide bonds. The number of piperidine rings is 1. The van der Waals surface area contributed by atoms with E-state index in [1.54, 1.807) is 0 Å². The summed E-state index contributed by atoms with van der Waals surface area (Å²) in [6.45, 7) is 10.8. The smallest absolute Gasteiger partial charge is 0.221 e. The number of nitrogens with zero attached hydrogens (tertiary/aromatic N) is 4. The van der Waals surface area contributed by atoms with Crippen molar-refractivity contribution in [1.29, 1.82) is 0 Å². The van der Waals surface area contributed by atoms with Gasteiger partial charge in [-0.3, -0.25) is 4.79 Å². The number of rotatable bonds is 6. The van der Waals surface area contributed by atoms with Gasteiger partial charge in [-0.1, -0.05) is 0 Å². The van der Waals surface area contributed by atoms with Crippen LogP contribution in [0.15, 0.2) is 6.07 Å². The van der Waals surface area contributed by atoms with Gasteiger partial charge in [-0.25, -0.2) is 9.97 Å². The molecule has 0 saturated carbocycles. The minimum atomic E-state index is 0.141. The average molecular weight is 361 g/mol. The molecule has 0 aromatic carbocycles. The lowest BCUT2D eigenvalue weighted by atomic mass is 9.94. The van der Waals surface area contributed by atoms with Gasteiger partial charge < -0.3 is 19.9 Å². The van der Waals surface area contributed by atoms with E-state index in [4.69, 9.17) is 9.72 Å². The van der Waals surface area contributed by atoms with Crippen LogP contribution in [0, 0.1) is 6.92 Å². The van der Waals surface area contributed by atoms with Gasteiger partial charge in [-0.05, 0) is 33.2 Å². The molecule has 0 radical (unpaired) electrons. The number of likely N-dealkylation sites (tertiary alicyclic amines) is 1. The van der Waals surface area contributed by atoms with Crippen LogP contribution in [0.3, 0.4) is 0 Å². The molecule has 144 valence electrons. The van der Waals surface area contributed by atoms with Crippen LogP contribution in [-0.2, 0) is 9.53 Å². The van der Waals surface area contributed by atoms with Crippen molar-refractivity contribution < 1.29 is 9.53 Å². The fourth-order valence-electron chi connectivity index (χ4n) is 3.78. The highest BCUT2D eigenvalue weighted by Crippen LogP contribution is 2.28. The summed E-state index contributed by atoms with van der Waals surface area (Å²) >= 11 is 0. The molecule has 0 spiro atoms. The Morgan fingerprint density at radius 2 is 2.12 bits per heavy atom. The lowest BCUT2D eigenvalue weighted by molar-refractivity contribution is -0.121. The van der Waals surface area contributed by atoms with Crippen molar-refractivity contribution in [2.24, 2.45) is 0 Å². The largest absolute Gasteiger partial charge is 0.378 e. The van der Waals surface area contributed by atoms with Crippen LogP contribution in [0.2, 0.25) is 0 Å². The van der Waals surface area contributed by atoms with Crippen LogP contribution in [-0.4, -0.2) is 73.3 Å². The van der Waals surface area contributed by atoms with Gasteiger partial charge in [0.1, 0.15) is 11.6 Å². The van der Waals surface area contributed by atoms with Gasteiger partial charge in [0.05, 0.1) is 18.9 Å². The number of morpholine rings is 1. The molecule has 1 aromatic rings. The van der Waals surface area contributed by atoms with Gasteiger partial charge in [0.25, 0.3) is 0 Å². The summed E-state index contributed by atoms with van der Waals surface area (Å²) in [7, 11) is 0. The van der Waals surface area contributed by atoms with E-state index >= 15 is 0 Å². The second-order valence-corrected chi connectivity index (χ2v) is 7.14. The monoisotopic (exact) mass is 361 g/mol. The van der Waals surface area contributed by atoms with Crippen molar-refractivity contribution in [3.63, 3.8) is 0 Å². The van der Waals surface area contributed by atoms with Gasteiger partial charge in [-0.2, -0.15) is 0 Å². The molecule has 3 rings (SSSR count). The first-order valence-electron chi connectivity index (χ1n) is 9.83. The zero-order valence-corrected chi connectivity index (χ0v) is 16.0. The summed E-state index contributed by atoms with van der Waals surface area (Å²) in [5.41, 5.74) is 1.14. The standard InChI is InChI=1S/C19H31N5O2/c1-3-20-19(25)6-8-23-7-4-5-16(14-23)17-13-18(22-15(2)21-17)24-9-11-26-12-10-24/h13,16H,3-12,14H2,1-2H3,(H,20,25)/t16-/m1/s1. The highest BCUT2D eigenvalue weighted by molar-refractivity contribution is 5.75. The molecule has 0 bridgehead atoms. The second kappa shape index (κ2) is 9.28. The summed E-state index contributed by atoms with van der Waals surface area (Å²) in [5.74, 6) is 2.42. The van der Waals surface area contributed by atoms with Gasteiger partial charge in [0.2, 0.25) is 5.91 Å². The normalized spacial score (nSPS) is 21.6. The van der Waals surface area contributed by atoms with Gasteiger partial charge in [-0.15, -0.1) is 0 Å². The maximum Gasteiger partial charge on any atom is 0.221 e. The van der Waals surface area contributed by atoms with Crippen LogP contribution in [0.4, 0.5) is 5.82 Å². The van der Waals surface area contributed by atoms with Gasteiger partial charge in [0.15, 0.2) is 0 Å². The van der Waals surface area contributed by atoms with E-state index in [2.05, 4.69) is 26.2 Å². The highest BCUT2D eigenvalue weighted by Gasteiger charge is 2.24. The fourth-order valence-corrected chi connectivity index (χ4v) is 3.78. The zero-order chi connectivity index (χ0) is 18.4. The molecule has 0 unspecified atom stereocenters. The third-order valence-corrected chi connectivity index (χ3v) is 5.13. The number of aromatic nitrogens is 2. The quantitative estimate of drug-likeness (QED) is 0.824. The maximum absolute atomic E-state index is 11.7. The maximum atomic E-state index is 11.7. The Morgan fingerprint density at radius 3 is 2.88 bits per heavy atom. The summed E-state index contributed by atoms with van der Waals surface area (Å²) in [6, 6.07) is 2.16. The number of hydrogen-bond acceptors (Lipinski definition) is 6. The van der Waals surface area contributed by atoms with E-state index in [1.807, 2.05) is 13.8 Å². The molecule has 2 aliphatic heterocycles. The molecule has 26 heavy (non-hydrogen) atoms. The molecule has 2 fully saturated rings. The van der Waals surface area contributed by atoms with E-state index in [0.29, 0.717) is 18.9 Å². The minimum Gasteiger partial charge on any atom is -0.378 e. The lowest BCUT2D eigenvalue weighted by Crippen LogP contribution is -2.38. The van der Waals surface area contributed by atoms with Gasteiger partial charge in [0, 0.05) is 51.1 Å². The molecule has 7 nitrogen and oxygen atoms in total. The number of amides is 1. The van der Waals surface area contributed by atoms with Crippen LogP contribution in [0.1, 0.15) is 43.6 Å². The van der Waals surface area contributed by atoms with Crippen LogP contribution in [0.5, 0.6) is 0 Å². The van der Waals surface area contributed by atoms with Crippen molar-refractivity contribution in [2.45, 2.75) is 39.0 Å². The Labute approximate surface area is 156 Å². The third-order valence-electron chi connectivity index (χ3n) is 5.13. The Bertz CT molecular complexity index is 604. The highest BCUT2D eigenvalue weighted by atomic mass is 16.5. The molecule has 1 aromatic heterocycles. The number of anilines is 1. The van der Waals surface area contributed by atoms with E-state index in [9.17, 15) is 4.79 Å². The van der Waals surface area contributed by atoms with Crippen molar-refractivity contribution >= 4 is 11.7 Å². The summed E-state index contributed by atoms with van der Waals surface area (Å²) in [5, 5.41) is 2.88. The summed E-state index contributed by atoms with van der Waals surface area (Å²) in [6.07, 6.45) is 2.87. The summed E-state index contributed by atoms with van der Waals surface area (Å²) in [4.78, 5) is 25.8. The van der Waals surface area contributed by atoms with Crippen molar-refractivity contribution in [3.05, 3.63) is 17.6 Å². The van der Waals surface area contributed by atoms with E-state index in [-0.39, 0.29) is 5.91 Å². The molecule has 0 aliphatic carbocycles. The first-order chi connectivity index (χ1) is 12.7. The molecular weight excluding hydrogens is 330 g/mol. The third kappa shape index (κ3) is 5.14. The van der Waals surface area contributed by atoms with E-state index < -0.39 is 0 Å². The molecule has 2 aliphatic rings. The molecule has 7 heteroatoms. The first-order valence-corrected chi connectivity index (χ1v) is 9.83. The topological polar surface area (TPSA) is 70.6 Å². The molecule has 3 heterocycles. The zero-order valence-electron chi connectivity index (χ0n) is 16.0. The van der Waals surface area contributed by atoms with E-state index in [1.165, 1.54) is 0 Å². The molecule has 1 N–H and O–H groups in total. The molecular formula is C19H31N5O2. The SMILES string of the molecule is CCNC(=O)CCN1CCC[C@@H](c2cc(N3CCOCC3)nc(C)n2)C1.